The second-order valence-electron chi connectivity index (χ2n) is 7.40. The van der Waals surface area contributed by atoms with Gasteiger partial charge in [-0.15, -0.1) is 0 Å². The predicted molar refractivity (Wildman–Crippen MR) is 118 cm³/mol. The minimum absolute atomic E-state index is 0.00910. The number of carbonyl (C=O) groups is 2. The van der Waals surface area contributed by atoms with Crippen molar-refractivity contribution in [3.63, 3.8) is 0 Å². The van der Waals surface area contributed by atoms with Gasteiger partial charge in [-0.3, -0.25) is 9.59 Å². The molecule has 0 unspecified atom stereocenters. The zero-order valence-corrected chi connectivity index (χ0v) is 19.0. The van der Waals surface area contributed by atoms with Crippen molar-refractivity contribution < 1.29 is 22.7 Å². The number of ether oxygens (including phenoxy) is 1. The molecular weight excluding hydrogens is 418 g/mol. The zero-order chi connectivity index (χ0) is 23.0. The van der Waals surface area contributed by atoms with Gasteiger partial charge >= 0.3 is 0 Å². The van der Waals surface area contributed by atoms with Crippen LogP contribution < -0.4 is 10.6 Å². The van der Waals surface area contributed by atoms with Crippen LogP contribution in [0, 0.1) is 0 Å². The molecule has 0 atom stereocenters. The topological polar surface area (TPSA) is 105 Å². The first-order valence-electron chi connectivity index (χ1n) is 9.87. The molecule has 0 heterocycles. The maximum atomic E-state index is 12.4. The first-order chi connectivity index (χ1) is 14.6. The third kappa shape index (κ3) is 7.16. The van der Waals surface area contributed by atoms with E-state index < -0.39 is 15.9 Å². The van der Waals surface area contributed by atoms with Crippen molar-refractivity contribution in [2.75, 3.05) is 20.6 Å². The second-order valence-corrected chi connectivity index (χ2v) is 9.55. The second kappa shape index (κ2) is 11.0. The Balaban J connectivity index is 1.92. The van der Waals surface area contributed by atoms with Crippen molar-refractivity contribution in [3.8, 4) is 0 Å². The molecular formula is C22H29N3O5S. The highest BCUT2D eigenvalue weighted by Gasteiger charge is 2.19. The summed E-state index contributed by atoms with van der Waals surface area (Å²) < 4.78 is 31.2. The van der Waals surface area contributed by atoms with Gasteiger partial charge in [-0.25, -0.2) is 12.7 Å². The number of hydrogen-bond acceptors (Lipinski definition) is 5. The van der Waals surface area contributed by atoms with Gasteiger partial charge in [-0.05, 0) is 43.2 Å². The van der Waals surface area contributed by atoms with Crippen LogP contribution in [0.15, 0.2) is 53.4 Å². The Morgan fingerprint density at radius 3 is 2.32 bits per heavy atom. The zero-order valence-electron chi connectivity index (χ0n) is 18.2. The molecule has 168 valence electrons. The van der Waals surface area contributed by atoms with Gasteiger partial charge < -0.3 is 15.4 Å². The average Bonchev–Trinajstić information content (AvgIpc) is 2.75. The van der Waals surface area contributed by atoms with E-state index in [0.29, 0.717) is 13.2 Å². The van der Waals surface area contributed by atoms with Crippen LogP contribution in [0.1, 0.15) is 35.3 Å². The summed E-state index contributed by atoms with van der Waals surface area (Å²) in [7, 11) is -0.822. The van der Waals surface area contributed by atoms with Gasteiger partial charge in [0.25, 0.3) is 5.91 Å². The molecule has 0 aromatic heterocycles. The van der Waals surface area contributed by atoms with E-state index in [4.69, 9.17) is 4.74 Å². The maximum absolute atomic E-state index is 12.4. The third-order valence-corrected chi connectivity index (χ3v) is 6.26. The van der Waals surface area contributed by atoms with E-state index in [1.165, 1.54) is 38.4 Å². The molecule has 0 bridgehead atoms. The molecule has 8 nitrogen and oxygen atoms in total. The molecule has 2 aromatic rings. The molecule has 2 amide bonds. The molecule has 0 fully saturated rings. The third-order valence-electron chi connectivity index (χ3n) is 4.45. The standard InChI is InChI=1S/C22H29N3O5S/c1-16(2)30-15-19-9-6-5-8-18(19)13-23-21(26)14-24-22(27)17-10-7-11-20(12-17)31(28,29)25(3)4/h5-12,16H,13-15H2,1-4H3,(H,23,26)(H,24,27). The quantitative estimate of drug-likeness (QED) is 0.579. The summed E-state index contributed by atoms with van der Waals surface area (Å²) in [6, 6.07) is 13.3. The minimum atomic E-state index is -3.65. The average molecular weight is 448 g/mol. The van der Waals surface area contributed by atoms with Crippen LogP contribution in [-0.2, 0) is 32.7 Å². The summed E-state index contributed by atoms with van der Waals surface area (Å²) >= 11 is 0. The lowest BCUT2D eigenvalue weighted by Gasteiger charge is -2.13. The number of hydrogen-bond donors (Lipinski definition) is 2. The van der Waals surface area contributed by atoms with Crippen LogP contribution in [0.4, 0.5) is 0 Å². The van der Waals surface area contributed by atoms with Crippen LogP contribution in [0.2, 0.25) is 0 Å². The number of amides is 2. The maximum Gasteiger partial charge on any atom is 0.251 e. The fourth-order valence-electron chi connectivity index (χ4n) is 2.65. The predicted octanol–water partition coefficient (Wildman–Crippen LogP) is 1.91. The van der Waals surface area contributed by atoms with E-state index in [2.05, 4.69) is 10.6 Å². The Labute approximate surface area is 183 Å². The summed E-state index contributed by atoms with van der Waals surface area (Å²) in [6.07, 6.45) is 0.101. The Morgan fingerprint density at radius 1 is 1.00 bits per heavy atom. The number of nitrogens with one attached hydrogen (secondary N) is 2. The van der Waals surface area contributed by atoms with E-state index in [1.807, 2.05) is 38.1 Å². The highest BCUT2D eigenvalue weighted by molar-refractivity contribution is 7.89. The molecule has 9 heteroatoms. The Hall–Kier alpha value is -2.75. The van der Waals surface area contributed by atoms with Crippen molar-refractivity contribution in [3.05, 3.63) is 65.2 Å². The smallest absolute Gasteiger partial charge is 0.251 e. The lowest BCUT2D eigenvalue weighted by atomic mass is 10.1. The molecule has 0 aliphatic heterocycles. The van der Waals surface area contributed by atoms with E-state index >= 15 is 0 Å². The molecule has 2 rings (SSSR count). The normalized spacial score (nSPS) is 11.5. The van der Waals surface area contributed by atoms with Crippen molar-refractivity contribution in [2.24, 2.45) is 0 Å². The van der Waals surface area contributed by atoms with Crippen molar-refractivity contribution >= 4 is 21.8 Å². The summed E-state index contributed by atoms with van der Waals surface area (Å²) in [5, 5.41) is 5.29. The summed E-state index contributed by atoms with van der Waals surface area (Å²) in [5.41, 5.74) is 2.08. The van der Waals surface area contributed by atoms with Crippen LogP contribution in [-0.4, -0.2) is 51.3 Å². The molecule has 0 saturated carbocycles. The van der Waals surface area contributed by atoms with Crippen LogP contribution >= 0.6 is 0 Å². The molecule has 2 N–H and O–H groups in total. The lowest BCUT2D eigenvalue weighted by Crippen LogP contribution is -2.36. The van der Waals surface area contributed by atoms with Gasteiger partial charge in [0, 0.05) is 26.2 Å². The van der Waals surface area contributed by atoms with E-state index in [0.717, 1.165) is 15.4 Å². The number of sulfonamides is 1. The molecule has 0 spiro atoms. The Bertz CT molecular complexity index is 1020. The number of rotatable bonds is 10. The van der Waals surface area contributed by atoms with Gasteiger partial charge in [-0.2, -0.15) is 0 Å². The van der Waals surface area contributed by atoms with Gasteiger partial charge in [0.05, 0.1) is 24.2 Å². The Kier molecular flexibility index (Phi) is 8.73. The largest absolute Gasteiger partial charge is 0.374 e. The van der Waals surface area contributed by atoms with Crippen molar-refractivity contribution in [1.29, 1.82) is 0 Å². The Morgan fingerprint density at radius 2 is 1.68 bits per heavy atom. The molecule has 2 aromatic carbocycles. The summed E-state index contributed by atoms with van der Waals surface area (Å²) in [5.74, 6) is -0.887. The van der Waals surface area contributed by atoms with E-state index in [1.54, 1.807) is 0 Å². The van der Waals surface area contributed by atoms with Crippen LogP contribution in [0.5, 0.6) is 0 Å². The summed E-state index contributed by atoms with van der Waals surface area (Å²) in [4.78, 5) is 24.6. The SMILES string of the molecule is CC(C)OCc1ccccc1CNC(=O)CNC(=O)c1cccc(S(=O)(=O)N(C)C)c1. The molecule has 0 aliphatic rings. The molecule has 0 saturated heterocycles. The number of nitrogens with zero attached hydrogens (tertiary/aromatic N) is 1. The van der Waals surface area contributed by atoms with Crippen LogP contribution in [0.25, 0.3) is 0 Å². The fourth-order valence-corrected chi connectivity index (χ4v) is 3.60. The fraction of sp³-hybridized carbons (Fsp3) is 0.364. The van der Waals surface area contributed by atoms with Gasteiger partial charge in [0.1, 0.15) is 0 Å². The van der Waals surface area contributed by atoms with Crippen molar-refractivity contribution in [2.45, 2.75) is 38.0 Å². The van der Waals surface area contributed by atoms with E-state index in [-0.39, 0.29) is 29.0 Å². The summed E-state index contributed by atoms with van der Waals surface area (Å²) in [6.45, 7) is 4.45. The van der Waals surface area contributed by atoms with E-state index in [9.17, 15) is 18.0 Å². The van der Waals surface area contributed by atoms with Gasteiger partial charge in [0.15, 0.2) is 0 Å². The first-order valence-corrected chi connectivity index (χ1v) is 11.3. The first kappa shape index (κ1) is 24.5. The highest BCUT2D eigenvalue weighted by atomic mass is 32.2. The number of carbonyl (C=O) groups excluding carboxylic acids is 2. The van der Waals surface area contributed by atoms with Crippen molar-refractivity contribution in [1.82, 2.24) is 14.9 Å². The molecule has 0 aliphatic carbocycles. The van der Waals surface area contributed by atoms with Gasteiger partial charge in [0.2, 0.25) is 15.9 Å². The molecule has 0 radical (unpaired) electrons. The minimum Gasteiger partial charge on any atom is -0.374 e. The van der Waals surface area contributed by atoms with Gasteiger partial charge in [-0.1, -0.05) is 30.3 Å². The lowest BCUT2D eigenvalue weighted by molar-refractivity contribution is -0.120. The number of benzene rings is 2. The highest BCUT2D eigenvalue weighted by Crippen LogP contribution is 2.15. The van der Waals surface area contributed by atoms with Crippen LogP contribution in [0.3, 0.4) is 0 Å². The molecule has 31 heavy (non-hydrogen) atoms. The monoisotopic (exact) mass is 447 g/mol.